The van der Waals surface area contributed by atoms with Gasteiger partial charge in [0.25, 0.3) is 0 Å². The Morgan fingerprint density at radius 3 is 2.00 bits per heavy atom. The topological polar surface area (TPSA) is 0 Å². The third kappa shape index (κ3) is 2.92. The Balaban J connectivity index is 1.63. The van der Waals surface area contributed by atoms with E-state index in [9.17, 15) is 0 Å². The highest BCUT2D eigenvalue weighted by Crippen LogP contribution is 2.37. The van der Waals surface area contributed by atoms with Crippen LogP contribution in [-0.4, -0.2) is 5.75 Å². The fraction of sp³-hybridized carbons (Fsp3) is 1.00. The summed E-state index contributed by atoms with van der Waals surface area (Å²) in [6.07, 6.45) is 13.5. The van der Waals surface area contributed by atoms with Crippen LogP contribution in [0.4, 0.5) is 0 Å². The van der Waals surface area contributed by atoms with Gasteiger partial charge in [0.05, 0.1) is 0 Å². The molecule has 0 aliphatic heterocycles. The van der Waals surface area contributed by atoms with Crippen molar-refractivity contribution in [3.63, 3.8) is 0 Å². The summed E-state index contributed by atoms with van der Waals surface area (Å²) in [5.74, 6) is 4.24. The summed E-state index contributed by atoms with van der Waals surface area (Å²) in [4.78, 5) is 0. The van der Waals surface area contributed by atoms with Gasteiger partial charge in [-0.25, -0.2) is 0 Å². The second kappa shape index (κ2) is 5.44. The Labute approximate surface area is 94.3 Å². The van der Waals surface area contributed by atoms with Crippen LogP contribution in [0.2, 0.25) is 0 Å². The van der Waals surface area contributed by atoms with Crippen LogP contribution >= 0.6 is 12.6 Å². The van der Waals surface area contributed by atoms with Gasteiger partial charge in [0.15, 0.2) is 0 Å². The summed E-state index contributed by atoms with van der Waals surface area (Å²) in [5.41, 5.74) is 0. The van der Waals surface area contributed by atoms with Gasteiger partial charge in [0.1, 0.15) is 0 Å². The van der Waals surface area contributed by atoms with Crippen molar-refractivity contribution in [2.24, 2.45) is 17.8 Å². The SMILES string of the molecule is SCC1CCCC(CCC2CCC2)C1. The minimum Gasteiger partial charge on any atom is -0.179 e. The molecule has 0 aromatic heterocycles. The fourth-order valence-corrected chi connectivity index (χ4v) is 3.41. The molecule has 2 aliphatic carbocycles. The predicted molar refractivity (Wildman–Crippen MR) is 65.9 cm³/mol. The lowest BCUT2D eigenvalue weighted by Gasteiger charge is -2.31. The number of hydrogen-bond acceptors (Lipinski definition) is 1. The Morgan fingerprint density at radius 1 is 0.786 bits per heavy atom. The van der Waals surface area contributed by atoms with Gasteiger partial charge in [0, 0.05) is 0 Å². The van der Waals surface area contributed by atoms with Crippen molar-refractivity contribution in [2.75, 3.05) is 5.75 Å². The monoisotopic (exact) mass is 212 g/mol. The molecule has 0 bridgehead atoms. The lowest BCUT2D eigenvalue weighted by molar-refractivity contribution is 0.223. The second-order valence-electron chi connectivity index (χ2n) is 5.46. The van der Waals surface area contributed by atoms with Crippen LogP contribution in [0, 0.1) is 17.8 Å². The maximum Gasteiger partial charge on any atom is -0.00694 e. The van der Waals surface area contributed by atoms with Gasteiger partial charge in [-0.15, -0.1) is 0 Å². The van der Waals surface area contributed by atoms with Crippen LogP contribution in [0.1, 0.15) is 57.8 Å². The molecule has 2 fully saturated rings. The maximum absolute atomic E-state index is 4.44. The molecule has 0 heterocycles. The quantitative estimate of drug-likeness (QED) is 0.660. The van der Waals surface area contributed by atoms with Gasteiger partial charge in [-0.2, -0.15) is 12.6 Å². The molecule has 2 atom stereocenters. The van der Waals surface area contributed by atoms with E-state index in [1.807, 2.05) is 0 Å². The van der Waals surface area contributed by atoms with Gasteiger partial charge in [-0.3, -0.25) is 0 Å². The van der Waals surface area contributed by atoms with Crippen LogP contribution in [0.25, 0.3) is 0 Å². The zero-order valence-electron chi connectivity index (χ0n) is 9.25. The largest absolute Gasteiger partial charge is 0.179 e. The smallest absolute Gasteiger partial charge is 0.00694 e. The molecule has 0 N–H and O–H groups in total. The second-order valence-corrected chi connectivity index (χ2v) is 5.82. The van der Waals surface area contributed by atoms with E-state index >= 15 is 0 Å². The van der Waals surface area contributed by atoms with Gasteiger partial charge < -0.3 is 0 Å². The van der Waals surface area contributed by atoms with Crippen molar-refractivity contribution < 1.29 is 0 Å². The first-order valence-electron chi connectivity index (χ1n) is 6.49. The highest BCUT2D eigenvalue weighted by molar-refractivity contribution is 7.80. The molecule has 2 rings (SSSR count). The zero-order chi connectivity index (χ0) is 9.80. The first kappa shape index (κ1) is 10.9. The molecule has 2 unspecified atom stereocenters. The maximum atomic E-state index is 4.44. The molecule has 82 valence electrons. The van der Waals surface area contributed by atoms with Crippen molar-refractivity contribution in [3.8, 4) is 0 Å². The van der Waals surface area contributed by atoms with Crippen LogP contribution in [-0.2, 0) is 0 Å². The summed E-state index contributed by atoms with van der Waals surface area (Å²) in [5, 5.41) is 0. The van der Waals surface area contributed by atoms with E-state index in [4.69, 9.17) is 0 Å². The third-order valence-corrected chi connectivity index (χ3v) is 4.87. The van der Waals surface area contributed by atoms with Gasteiger partial charge in [0.2, 0.25) is 0 Å². The summed E-state index contributed by atoms with van der Waals surface area (Å²) < 4.78 is 0. The number of rotatable bonds is 4. The van der Waals surface area contributed by atoms with E-state index in [1.165, 1.54) is 57.8 Å². The van der Waals surface area contributed by atoms with Gasteiger partial charge in [-0.05, 0) is 36.3 Å². The average Bonchev–Trinajstić information content (AvgIpc) is 2.16. The van der Waals surface area contributed by atoms with Gasteiger partial charge in [-0.1, -0.05) is 44.9 Å². The Hall–Kier alpha value is 0.350. The van der Waals surface area contributed by atoms with E-state index in [2.05, 4.69) is 12.6 Å². The normalized spacial score (nSPS) is 34.1. The molecule has 14 heavy (non-hydrogen) atoms. The molecule has 0 radical (unpaired) electrons. The molecule has 0 saturated heterocycles. The minimum absolute atomic E-state index is 0.943. The first-order chi connectivity index (χ1) is 6.88. The summed E-state index contributed by atoms with van der Waals surface area (Å²) >= 11 is 4.44. The van der Waals surface area contributed by atoms with E-state index in [0.29, 0.717) is 0 Å². The molecule has 0 amide bonds. The lowest BCUT2D eigenvalue weighted by atomic mass is 9.75. The molecule has 0 nitrogen and oxygen atoms in total. The van der Waals surface area contributed by atoms with Crippen molar-refractivity contribution in [1.29, 1.82) is 0 Å². The molecule has 0 aromatic carbocycles. The molecule has 1 heteroatoms. The molecule has 0 aromatic rings. The van der Waals surface area contributed by atoms with E-state index in [1.54, 1.807) is 0 Å². The lowest BCUT2D eigenvalue weighted by Crippen LogP contribution is -2.19. The number of hydrogen-bond donors (Lipinski definition) is 1. The van der Waals surface area contributed by atoms with E-state index < -0.39 is 0 Å². The van der Waals surface area contributed by atoms with Crippen LogP contribution in [0.5, 0.6) is 0 Å². The third-order valence-electron chi connectivity index (χ3n) is 4.36. The van der Waals surface area contributed by atoms with Crippen LogP contribution in [0.15, 0.2) is 0 Å². The summed E-state index contributed by atoms with van der Waals surface area (Å²) in [6.45, 7) is 0. The summed E-state index contributed by atoms with van der Waals surface area (Å²) in [6, 6.07) is 0. The van der Waals surface area contributed by atoms with Crippen molar-refractivity contribution in [2.45, 2.75) is 57.8 Å². The standard InChI is InChI=1S/C13H24S/c14-10-13-6-2-5-12(9-13)8-7-11-3-1-4-11/h11-14H,1-10H2. The Kier molecular flexibility index (Phi) is 4.22. The summed E-state index contributed by atoms with van der Waals surface area (Å²) in [7, 11) is 0. The van der Waals surface area contributed by atoms with Crippen molar-refractivity contribution in [1.82, 2.24) is 0 Å². The zero-order valence-corrected chi connectivity index (χ0v) is 10.1. The first-order valence-corrected chi connectivity index (χ1v) is 7.12. The van der Waals surface area contributed by atoms with Gasteiger partial charge >= 0.3 is 0 Å². The number of thiol groups is 1. The van der Waals surface area contributed by atoms with Crippen molar-refractivity contribution in [3.05, 3.63) is 0 Å². The van der Waals surface area contributed by atoms with Crippen molar-refractivity contribution >= 4 is 12.6 Å². The van der Waals surface area contributed by atoms with E-state index in [0.717, 1.165) is 23.5 Å². The molecular weight excluding hydrogens is 188 g/mol. The Bertz CT molecular complexity index is 163. The average molecular weight is 212 g/mol. The van der Waals surface area contributed by atoms with E-state index in [-0.39, 0.29) is 0 Å². The molecule has 2 saturated carbocycles. The molecular formula is C13H24S. The minimum atomic E-state index is 0.943. The highest BCUT2D eigenvalue weighted by atomic mass is 32.1. The molecule has 0 spiro atoms. The van der Waals surface area contributed by atoms with Crippen LogP contribution in [0.3, 0.4) is 0 Å². The Morgan fingerprint density at radius 2 is 1.36 bits per heavy atom. The predicted octanol–water partition coefficient (Wildman–Crippen LogP) is 4.30. The fourth-order valence-electron chi connectivity index (χ4n) is 3.08. The van der Waals surface area contributed by atoms with Crippen LogP contribution < -0.4 is 0 Å². The highest BCUT2D eigenvalue weighted by Gasteiger charge is 2.23. The molecule has 2 aliphatic rings.